The Labute approximate surface area is 128 Å². The van der Waals surface area contributed by atoms with Crippen molar-refractivity contribution in [3.05, 3.63) is 23.8 Å². The number of esters is 1. The monoisotopic (exact) mass is 305 g/mol. The first kappa shape index (κ1) is 14.8. The van der Waals surface area contributed by atoms with Gasteiger partial charge in [-0.3, -0.25) is 4.90 Å². The van der Waals surface area contributed by atoms with Crippen LogP contribution >= 0.6 is 0 Å². The van der Waals surface area contributed by atoms with Gasteiger partial charge in [-0.2, -0.15) is 4.98 Å². The number of nitrogens with one attached hydrogen (secondary N) is 1. The molecule has 0 aliphatic carbocycles. The maximum Gasteiger partial charge on any atom is 0.340 e. The first-order valence-corrected chi connectivity index (χ1v) is 7.31. The molecule has 0 bridgehead atoms. The number of aromatic nitrogens is 1. The van der Waals surface area contributed by atoms with E-state index in [1.165, 1.54) is 7.11 Å². The van der Waals surface area contributed by atoms with Gasteiger partial charge in [-0.1, -0.05) is 6.07 Å². The summed E-state index contributed by atoms with van der Waals surface area (Å²) in [5, 5.41) is 3.28. The number of nitrogens with zero attached hydrogens (tertiary/aromatic N) is 2. The van der Waals surface area contributed by atoms with Gasteiger partial charge in [-0.15, -0.1) is 0 Å². The van der Waals surface area contributed by atoms with Crippen LogP contribution in [0.4, 0.5) is 6.01 Å². The summed E-state index contributed by atoms with van der Waals surface area (Å²) in [7, 11) is 1.35. The molecule has 118 valence electrons. The number of carbonyl (C=O) groups is 1. The molecule has 1 atom stereocenters. The maximum atomic E-state index is 11.8. The molecule has 2 heterocycles. The van der Waals surface area contributed by atoms with Gasteiger partial charge in [0.1, 0.15) is 11.7 Å². The van der Waals surface area contributed by atoms with E-state index in [-0.39, 0.29) is 6.23 Å². The first-order chi connectivity index (χ1) is 10.7. The molecule has 22 heavy (non-hydrogen) atoms. The Kier molecular flexibility index (Phi) is 4.26. The predicted molar refractivity (Wildman–Crippen MR) is 81.0 cm³/mol. The fourth-order valence-electron chi connectivity index (χ4n) is 2.55. The second-order valence-electron chi connectivity index (χ2n) is 4.96. The van der Waals surface area contributed by atoms with E-state index >= 15 is 0 Å². The molecule has 7 nitrogen and oxygen atoms in total. The van der Waals surface area contributed by atoms with Crippen molar-refractivity contribution in [2.24, 2.45) is 0 Å². The van der Waals surface area contributed by atoms with Crippen molar-refractivity contribution in [2.45, 2.75) is 13.2 Å². The van der Waals surface area contributed by atoms with Crippen LogP contribution in [0.1, 0.15) is 17.3 Å². The van der Waals surface area contributed by atoms with E-state index in [1.54, 1.807) is 18.2 Å². The summed E-state index contributed by atoms with van der Waals surface area (Å²) in [5.41, 5.74) is 1.46. The van der Waals surface area contributed by atoms with Gasteiger partial charge in [0.15, 0.2) is 5.58 Å². The number of methoxy groups -OCH3 is 1. The quantitative estimate of drug-likeness (QED) is 0.855. The molecule has 1 aliphatic rings. The largest absolute Gasteiger partial charge is 0.465 e. The molecular weight excluding hydrogens is 286 g/mol. The molecule has 0 radical (unpaired) electrons. The summed E-state index contributed by atoms with van der Waals surface area (Å²) >= 11 is 0. The lowest BCUT2D eigenvalue weighted by Gasteiger charge is -2.32. The highest BCUT2D eigenvalue weighted by Crippen LogP contribution is 2.26. The lowest BCUT2D eigenvalue weighted by molar-refractivity contribution is 0.0247. The molecule has 3 rings (SSSR count). The summed E-state index contributed by atoms with van der Waals surface area (Å²) in [4.78, 5) is 18.2. The average Bonchev–Trinajstić information content (AvgIpc) is 2.99. The molecule has 2 aromatic rings. The third-order valence-corrected chi connectivity index (χ3v) is 3.66. The first-order valence-electron chi connectivity index (χ1n) is 7.31. The summed E-state index contributed by atoms with van der Waals surface area (Å²) < 4.78 is 16.3. The van der Waals surface area contributed by atoms with Crippen molar-refractivity contribution in [2.75, 3.05) is 38.3 Å². The zero-order chi connectivity index (χ0) is 15.5. The molecule has 1 aromatic heterocycles. The highest BCUT2D eigenvalue weighted by molar-refractivity contribution is 6.01. The summed E-state index contributed by atoms with van der Waals surface area (Å²) in [5.74, 6) is -0.427. The number of carbonyl (C=O) groups excluding carboxylic acids is 1. The Hall–Kier alpha value is -2.12. The van der Waals surface area contributed by atoms with Crippen LogP contribution in [0.15, 0.2) is 22.6 Å². The van der Waals surface area contributed by atoms with Crippen molar-refractivity contribution in [1.82, 2.24) is 10.3 Å². The molecule has 1 N–H and O–H groups in total. The minimum Gasteiger partial charge on any atom is -0.465 e. The van der Waals surface area contributed by atoms with Crippen LogP contribution in [0.5, 0.6) is 0 Å². The van der Waals surface area contributed by atoms with E-state index in [9.17, 15) is 4.79 Å². The van der Waals surface area contributed by atoms with Crippen LogP contribution in [0.25, 0.3) is 11.1 Å². The molecule has 0 saturated carbocycles. The molecule has 7 heteroatoms. The zero-order valence-corrected chi connectivity index (χ0v) is 12.7. The number of ether oxygens (including phenoxy) is 2. The number of fused-ring (bicyclic) bond motifs is 1. The second-order valence-corrected chi connectivity index (χ2v) is 4.96. The molecule has 1 unspecified atom stereocenters. The third kappa shape index (κ3) is 2.65. The number of likely N-dealkylation sites (N-methyl/N-ethyl adjacent to an activating group) is 1. The summed E-state index contributed by atoms with van der Waals surface area (Å²) in [6.07, 6.45) is -0.131. The van der Waals surface area contributed by atoms with Gasteiger partial charge >= 0.3 is 12.0 Å². The van der Waals surface area contributed by atoms with E-state index in [1.807, 2.05) is 11.8 Å². The molecule has 1 aromatic carbocycles. The topological polar surface area (TPSA) is 76.8 Å². The van der Waals surface area contributed by atoms with Crippen LogP contribution in [-0.2, 0) is 9.47 Å². The van der Waals surface area contributed by atoms with E-state index in [0.29, 0.717) is 42.4 Å². The fraction of sp³-hybridized carbons (Fsp3) is 0.467. The van der Waals surface area contributed by atoms with E-state index in [4.69, 9.17) is 13.9 Å². The Morgan fingerprint density at radius 3 is 3.09 bits per heavy atom. The Morgan fingerprint density at radius 1 is 1.55 bits per heavy atom. The predicted octanol–water partition coefficient (Wildman–Crippen LogP) is 1.39. The highest BCUT2D eigenvalue weighted by Gasteiger charge is 2.25. The summed E-state index contributed by atoms with van der Waals surface area (Å²) in [6.45, 7) is 4.89. The summed E-state index contributed by atoms with van der Waals surface area (Å²) in [6, 6.07) is 5.66. The van der Waals surface area contributed by atoms with Gasteiger partial charge in [-0.25, -0.2) is 4.79 Å². The lowest BCUT2D eigenvalue weighted by Crippen LogP contribution is -2.49. The van der Waals surface area contributed by atoms with Crippen LogP contribution in [0.2, 0.25) is 0 Å². The minimum absolute atomic E-state index is 0.131. The number of hydrogen-bond donors (Lipinski definition) is 1. The normalized spacial score (nSPS) is 18.4. The number of morpholine rings is 1. The van der Waals surface area contributed by atoms with Gasteiger partial charge in [-0.05, 0) is 19.1 Å². The molecule has 0 amide bonds. The van der Waals surface area contributed by atoms with Gasteiger partial charge in [0.25, 0.3) is 0 Å². The molecule has 1 aliphatic heterocycles. The van der Waals surface area contributed by atoms with Crippen molar-refractivity contribution in [1.29, 1.82) is 0 Å². The lowest BCUT2D eigenvalue weighted by atomic mass is 10.2. The second kappa shape index (κ2) is 6.33. The Balaban J connectivity index is 1.98. The maximum absolute atomic E-state index is 11.8. The number of anilines is 1. The van der Waals surface area contributed by atoms with Crippen LogP contribution in [0, 0.1) is 0 Å². The zero-order valence-electron chi connectivity index (χ0n) is 12.7. The number of hydrogen-bond acceptors (Lipinski definition) is 7. The average molecular weight is 305 g/mol. The standard InChI is InChI=1S/C15H19N3O4/c1-3-18(12-9-16-7-8-21-12)15-17-13-10(14(19)20-2)5-4-6-11(13)22-15/h4-6,12,16H,3,7-9H2,1-2H3. The molecule has 0 spiro atoms. The highest BCUT2D eigenvalue weighted by atomic mass is 16.5. The van der Waals surface area contributed by atoms with Crippen molar-refractivity contribution < 1.29 is 18.7 Å². The van der Waals surface area contributed by atoms with Crippen molar-refractivity contribution in [3.8, 4) is 0 Å². The van der Waals surface area contributed by atoms with E-state index in [2.05, 4.69) is 10.3 Å². The number of rotatable bonds is 4. The molecular formula is C15H19N3O4. The SMILES string of the molecule is CCN(c1nc2c(C(=O)OC)cccc2o1)C1CNCCO1. The van der Waals surface area contributed by atoms with Gasteiger partial charge in [0, 0.05) is 19.6 Å². The Bertz CT molecular complexity index is 664. The van der Waals surface area contributed by atoms with Crippen molar-refractivity contribution in [3.63, 3.8) is 0 Å². The van der Waals surface area contributed by atoms with Gasteiger partial charge in [0.05, 0.1) is 19.3 Å². The smallest absolute Gasteiger partial charge is 0.340 e. The Morgan fingerprint density at radius 2 is 2.41 bits per heavy atom. The fourth-order valence-corrected chi connectivity index (χ4v) is 2.55. The van der Waals surface area contributed by atoms with Gasteiger partial charge < -0.3 is 19.2 Å². The van der Waals surface area contributed by atoms with Crippen LogP contribution in [-0.4, -0.2) is 50.5 Å². The van der Waals surface area contributed by atoms with Crippen molar-refractivity contribution >= 4 is 23.1 Å². The number of benzene rings is 1. The van der Waals surface area contributed by atoms with E-state index < -0.39 is 5.97 Å². The van der Waals surface area contributed by atoms with E-state index in [0.717, 1.165) is 6.54 Å². The van der Waals surface area contributed by atoms with Crippen LogP contribution < -0.4 is 10.2 Å². The third-order valence-electron chi connectivity index (χ3n) is 3.66. The minimum atomic E-state index is -0.427. The van der Waals surface area contributed by atoms with Crippen LogP contribution in [0.3, 0.4) is 0 Å². The number of para-hydroxylation sites is 1. The molecule has 1 fully saturated rings. The number of oxazole rings is 1. The molecule has 1 saturated heterocycles. The van der Waals surface area contributed by atoms with Gasteiger partial charge in [0.2, 0.25) is 0 Å².